The highest BCUT2D eigenvalue weighted by atomic mass is 16.7. The van der Waals surface area contributed by atoms with Crippen molar-refractivity contribution in [3.63, 3.8) is 0 Å². The number of carbonyl (C=O) groups is 2. The number of fused-ring (bicyclic) bond motifs is 1. The van der Waals surface area contributed by atoms with Crippen molar-refractivity contribution in [2.24, 2.45) is 0 Å². The molecule has 34 heavy (non-hydrogen) atoms. The van der Waals surface area contributed by atoms with E-state index in [1.165, 1.54) is 18.2 Å². The lowest BCUT2D eigenvalue weighted by Crippen LogP contribution is -2.60. The van der Waals surface area contributed by atoms with Gasteiger partial charge in [-0.05, 0) is 17.7 Å². The van der Waals surface area contributed by atoms with Gasteiger partial charge in [-0.25, -0.2) is 0 Å². The van der Waals surface area contributed by atoms with Crippen LogP contribution in [-0.2, 0) is 14.3 Å². The molecule has 2 aliphatic heterocycles. The highest BCUT2D eigenvalue weighted by Crippen LogP contribution is 2.42. The third-order valence-corrected chi connectivity index (χ3v) is 5.61. The van der Waals surface area contributed by atoms with Gasteiger partial charge in [0, 0.05) is 19.1 Å². The van der Waals surface area contributed by atoms with Crippen LogP contribution < -0.4 is 9.47 Å². The van der Waals surface area contributed by atoms with Crippen LogP contribution in [0.2, 0.25) is 0 Å². The Kier molecular flexibility index (Phi) is 6.62. The molecule has 1 fully saturated rings. The van der Waals surface area contributed by atoms with Gasteiger partial charge in [-0.15, -0.1) is 0 Å². The van der Waals surface area contributed by atoms with E-state index in [0.29, 0.717) is 5.56 Å². The van der Waals surface area contributed by atoms with Gasteiger partial charge in [-0.3, -0.25) is 9.59 Å². The van der Waals surface area contributed by atoms with Crippen molar-refractivity contribution >= 4 is 11.8 Å². The van der Waals surface area contributed by atoms with E-state index in [1.54, 1.807) is 12.1 Å². The molecule has 11 heteroatoms. The zero-order valence-corrected chi connectivity index (χ0v) is 18.0. The molecule has 5 N–H and O–H groups in total. The Morgan fingerprint density at radius 2 is 1.76 bits per heavy atom. The van der Waals surface area contributed by atoms with E-state index in [1.807, 2.05) is 0 Å². The standard InChI is InChI=1S/C23H24O11/c1-10(24)31-9-18-20(28)21(29)22(30)23(34-18)32-13-6-14(26)19-15(27)8-16(33-17(19)7-13)11-2-4-12(25)5-3-11/h2-7,16,18,20-23,25-26,28-30H,8-9H2,1H3. The van der Waals surface area contributed by atoms with Crippen LogP contribution in [0.15, 0.2) is 36.4 Å². The average molecular weight is 476 g/mol. The van der Waals surface area contributed by atoms with Gasteiger partial charge in [0.05, 0.1) is 6.42 Å². The van der Waals surface area contributed by atoms with Crippen LogP contribution in [0.4, 0.5) is 0 Å². The minimum atomic E-state index is -1.67. The predicted molar refractivity (Wildman–Crippen MR) is 112 cm³/mol. The zero-order chi connectivity index (χ0) is 24.6. The van der Waals surface area contributed by atoms with E-state index in [9.17, 15) is 35.1 Å². The molecule has 11 nitrogen and oxygen atoms in total. The third-order valence-electron chi connectivity index (χ3n) is 5.61. The smallest absolute Gasteiger partial charge is 0.302 e. The maximum atomic E-state index is 12.7. The summed E-state index contributed by atoms with van der Waals surface area (Å²) >= 11 is 0. The molecule has 0 aromatic heterocycles. The van der Waals surface area contributed by atoms with Gasteiger partial charge < -0.3 is 44.5 Å². The minimum absolute atomic E-state index is 0.0299. The van der Waals surface area contributed by atoms with Crippen LogP contribution in [0.1, 0.15) is 35.4 Å². The van der Waals surface area contributed by atoms with Crippen LogP contribution in [0, 0.1) is 0 Å². The number of phenolic OH excluding ortho intramolecular Hbond substituents is 2. The number of aliphatic hydroxyl groups excluding tert-OH is 3. The molecule has 6 atom stereocenters. The lowest BCUT2D eigenvalue weighted by Gasteiger charge is -2.40. The molecule has 0 radical (unpaired) electrons. The van der Waals surface area contributed by atoms with Crippen LogP contribution in [0.25, 0.3) is 0 Å². The summed E-state index contributed by atoms with van der Waals surface area (Å²) in [6.45, 7) is 0.776. The molecule has 4 rings (SSSR count). The molecular weight excluding hydrogens is 452 g/mol. The maximum absolute atomic E-state index is 12.7. The van der Waals surface area contributed by atoms with Gasteiger partial charge in [0.1, 0.15) is 65.7 Å². The molecule has 1 saturated heterocycles. The SMILES string of the molecule is CC(=O)OCC1OC(Oc2cc(O)c3c(c2)OC(c2ccc(O)cc2)CC3=O)C(O)C(O)C1O. The molecule has 2 heterocycles. The normalized spacial score (nSPS) is 28.5. The Morgan fingerprint density at radius 1 is 1.06 bits per heavy atom. The van der Waals surface area contributed by atoms with Gasteiger partial charge in [-0.1, -0.05) is 12.1 Å². The molecule has 2 aromatic rings. The summed E-state index contributed by atoms with van der Waals surface area (Å²) in [5.41, 5.74) is 0.606. The van der Waals surface area contributed by atoms with E-state index >= 15 is 0 Å². The molecule has 2 aliphatic rings. The molecule has 2 aromatic carbocycles. The fourth-order valence-corrected chi connectivity index (χ4v) is 3.84. The first kappa shape index (κ1) is 23.8. The first-order valence-corrected chi connectivity index (χ1v) is 10.5. The monoisotopic (exact) mass is 476 g/mol. The van der Waals surface area contributed by atoms with E-state index in [2.05, 4.69) is 0 Å². The third kappa shape index (κ3) is 4.77. The van der Waals surface area contributed by atoms with Crippen LogP contribution >= 0.6 is 0 Å². The minimum Gasteiger partial charge on any atom is -0.508 e. The Labute approximate surface area is 193 Å². The summed E-state index contributed by atoms with van der Waals surface area (Å²) in [6.07, 6.45) is -8.26. The quantitative estimate of drug-likeness (QED) is 0.382. The van der Waals surface area contributed by atoms with Crippen LogP contribution in [-0.4, -0.2) is 74.6 Å². The van der Waals surface area contributed by atoms with Gasteiger partial charge >= 0.3 is 5.97 Å². The topological polar surface area (TPSA) is 172 Å². The maximum Gasteiger partial charge on any atom is 0.302 e. The van der Waals surface area contributed by atoms with Crippen LogP contribution in [0.5, 0.6) is 23.0 Å². The van der Waals surface area contributed by atoms with Crippen molar-refractivity contribution in [1.82, 2.24) is 0 Å². The number of ketones is 1. The number of rotatable bonds is 5. The number of ether oxygens (including phenoxy) is 4. The second kappa shape index (κ2) is 9.47. The number of hydrogen-bond acceptors (Lipinski definition) is 11. The molecule has 0 spiro atoms. The Morgan fingerprint density at radius 3 is 2.44 bits per heavy atom. The van der Waals surface area contributed by atoms with Gasteiger partial charge in [-0.2, -0.15) is 0 Å². The van der Waals surface area contributed by atoms with Crippen LogP contribution in [0.3, 0.4) is 0 Å². The number of carbonyl (C=O) groups excluding carboxylic acids is 2. The van der Waals surface area contributed by atoms with E-state index < -0.39 is 48.5 Å². The van der Waals surface area contributed by atoms with Crippen molar-refractivity contribution in [1.29, 1.82) is 0 Å². The van der Waals surface area contributed by atoms with Gasteiger partial charge in [0.2, 0.25) is 6.29 Å². The number of phenols is 2. The summed E-state index contributed by atoms with van der Waals surface area (Å²) in [5, 5.41) is 50.4. The van der Waals surface area contributed by atoms with Crippen molar-refractivity contribution in [3.05, 3.63) is 47.5 Å². The summed E-state index contributed by atoms with van der Waals surface area (Å²) < 4.78 is 21.8. The Hall–Kier alpha value is -3.38. The molecule has 182 valence electrons. The highest BCUT2D eigenvalue weighted by Gasteiger charge is 2.45. The first-order chi connectivity index (χ1) is 16.1. The number of benzene rings is 2. The summed E-state index contributed by atoms with van der Waals surface area (Å²) in [7, 11) is 0. The summed E-state index contributed by atoms with van der Waals surface area (Å²) in [4.78, 5) is 23.7. The van der Waals surface area contributed by atoms with Gasteiger partial charge in [0.15, 0.2) is 5.78 Å². The molecule has 0 aliphatic carbocycles. The van der Waals surface area contributed by atoms with E-state index in [4.69, 9.17) is 18.9 Å². The number of hydrogen-bond donors (Lipinski definition) is 5. The van der Waals surface area contributed by atoms with Crippen molar-refractivity contribution in [3.8, 4) is 23.0 Å². The Bertz CT molecular complexity index is 1070. The number of Topliss-reactive ketones (excluding diaryl/α,β-unsaturated/α-hetero) is 1. The average Bonchev–Trinajstić information content (AvgIpc) is 2.78. The molecule has 6 unspecified atom stereocenters. The fraction of sp³-hybridized carbons (Fsp3) is 0.391. The molecule has 0 saturated carbocycles. The van der Waals surface area contributed by atoms with Gasteiger partial charge in [0.25, 0.3) is 0 Å². The second-order valence-electron chi connectivity index (χ2n) is 8.08. The predicted octanol–water partition coefficient (Wildman–Crippen LogP) is 0.554. The number of esters is 1. The van der Waals surface area contributed by atoms with Crippen molar-refractivity contribution in [2.75, 3.05) is 6.61 Å². The number of aromatic hydroxyl groups is 2. The largest absolute Gasteiger partial charge is 0.508 e. The number of aliphatic hydroxyl groups is 3. The summed E-state index contributed by atoms with van der Waals surface area (Å²) in [5.74, 6) is -1.36. The van der Waals surface area contributed by atoms with E-state index in [-0.39, 0.29) is 41.6 Å². The Balaban J connectivity index is 1.56. The lowest BCUT2D eigenvalue weighted by molar-refractivity contribution is -0.278. The van der Waals surface area contributed by atoms with Crippen molar-refractivity contribution in [2.45, 2.75) is 50.2 Å². The summed E-state index contributed by atoms with van der Waals surface area (Å²) in [6, 6.07) is 8.61. The zero-order valence-electron chi connectivity index (χ0n) is 18.0. The molecule has 0 amide bonds. The highest BCUT2D eigenvalue weighted by molar-refractivity contribution is 6.02. The van der Waals surface area contributed by atoms with E-state index in [0.717, 1.165) is 13.0 Å². The van der Waals surface area contributed by atoms with Crippen molar-refractivity contribution < 1.29 is 54.1 Å². The molecule has 0 bridgehead atoms. The first-order valence-electron chi connectivity index (χ1n) is 10.5. The second-order valence-corrected chi connectivity index (χ2v) is 8.08. The lowest BCUT2D eigenvalue weighted by atomic mass is 9.95. The molecular formula is C23H24O11. The fourth-order valence-electron chi connectivity index (χ4n) is 3.84.